The average molecular weight is 397 g/mol. The average Bonchev–Trinajstić information content (AvgIpc) is 2.71. The van der Waals surface area contributed by atoms with Gasteiger partial charge in [-0.1, -0.05) is 18.6 Å². The van der Waals surface area contributed by atoms with Crippen LogP contribution in [-0.2, 0) is 4.79 Å². The number of carbonyl (C=O) groups excluding carboxylic acids is 2. The molecule has 1 heterocycles. The Hall–Kier alpha value is -3.75. The van der Waals surface area contributed by atoms with Gasteiger partial charge in [-0.2, -0.15) is 0 Å². The normalized spacial score (nSPS) is 19.1. The van der Waals surface area contributed by atoms with Crippen LogP contribution in [0.25, 0.3) is 0 Å². The van der Waals surface area contributed by atoms with E-state index < -0.39 is 16.5 Å². The van der Waals surface area contributed by atoms with Crippen molar-refractivity contribution in [2.24, 2.45) is 10.9 Å². The van der Waals surface area contributed by atoms with Crippen LogP contribution in [0.2, 0.25) is 0 Å². The van der Waals surface area contributed by atoms with Gasteiger partial charge < -0.3 is 14.8 Å². The number of benzene rings is 1. The summed E-state index contributed by atoms with van der Waals surface area (Å²) >= 11 is 0. The molecule has 1 aromatic rings. The van der Waals surface area contributed by atoms with E-state index in [9.17, 15) is 19.7 Å². The lowest BCUT2D eigenvalue weighted by atomic mass is 9.86. The molecule has 2 aliphatic rings. The van der Waals surface area contributed by atoms with Crippen molar-refractivity contribution in [2.75, 3.05) is 14.2 Å². The lowest BCUT2D eigenvalue weighted by Crippen LogP contribution is -2.33. The van der Waals surface area contributed by atoms with E-state index in [0.717, 1.165) is 11.6 Å². The lowest BCUT2D eigenvalue weighted by molar-refractivity contribution is -0.385. The van der Waals surface area contributed by atoms with Crippen molar-refractivity contribution in [1.82, 2.24) is 5.32 Å². The summed E-state index contributed by atoms with van der Waals surface area (Å²) in [4.78, 5) is 39.2. The summed E-state index contributed by atoms with van der Waals surface area (Å²) in [5.41, 5.74) is 1.19. The van der Waals surface area contributed by atoms with E-state index in [2.05, 4.69) is 10.3 Å². The van der Waals surface area contributed by atoms with Crippen LogP contribution in [0.4, 0.5) is 5.69 Å². The number of fused-ring (bicyclic) bond motifs is 1. The fraction of sp³-hybridized carbons (Fsp3) is 0.250. The summed E-state index contributed by atoms with van der Waals surface area (Å²) in [6.45, 7) is 1.96. The third-order valence-corrected chi connectivity index (χ3v) is 4.65. The number of amides is 2. The summed E-state index contributed by atoms with van der Waals surface area (Å²) in [6, 6.07) is 2.35. The van der Waals surface area contributed by atoms with Crippen LogP contribution < -0.4 is 14.8 Å². The van der Waals surface area contributed by atoms with E-state index >= 15 is 0 Å². The zero-order valence-corrected chi connectivity index (χ0v) is 16.1. The van der Waals surface area contributed by atoms with Gasteiger partial charge in [-0.05, 0) is 18.6 Å². The van der Waals surface area contributed by atoms with Gasteiger partial charge in [0.2, 0.25) is 5.91 Å². The number of nitrogens with one attached hydrogen (secondary N) is 1. The second-order valence-corrected chi connectivity index (χ2v) is 6.32. The predicted octanol–water partition coefficient (Wildman–Crippen LogP) is 2.73. The van der Waals surface area contributed by atoms with Crippen molar-refractivity contribution >= 4 is 23.2 Å². The highest BCUT2D eigenvalue weighted by atomic mass is 16.6. The van der Waals surface area contributed by atoms with E-state index in [0.29, 0.717) is 12.1 Å². The van der Waals surface area contributed by atoms with Gasteiger partial charge in [0, 0.05) is 23.8 Å². The highest BCUT2D eigenvalue weighted by Crippen LogP contribution is 2.35. The number of allylic oxidation sites excluding steroid dienone is 3. The van der Waals surface area contributed by atoms with Gasteiger partial charge in [0.25, 0.3) is 11.6 Å². The van der Waals surface area contributed by atoms with Crippen LogP contribution in [0, 0.1) is 16.0 Å². The number of methoxy groups -OCH3 is 2. The topological polar surface area (TPSA) is 120 Å². The maximum absolute atomic E-state index is 12.7. The van der Waals surface area contributed by atoms with E-state index in [1.54, 1.807) is 18.2 Å². The Labute approximate surface area is 166 Å². The van der Waals surface area contributed by atoms with Gasteiger partial charge >= 0.3 is 0 Å². The summed E-state index contributed by atoms with van der Waals surface area (Å²) in [7, 11) is 2.71. The second kappa shape index (κ2) is 8.09. The van der Waals surface area contributed by atoms with Crippen LogP contribution in [0.1, 0.15) is 23.7 Å². The molecule has 9 nitrogen and oxygen atoms in total. The third-order valence-electron chi connectivity index (χ3n) is 4.65. The SMILES string of the molecule is CCC1=CC(=O)NC2=CC(=NC(=O)c3cc(OC)c(OC)cc3[N+](=O)[O-])C=CC12. The van der Waals surface area contributed by atoms with Gasteiger partial charge in [-0.15, -0.1) is 0 Å². The van der Waals surface area contributed by atoms with E-state index in [1.165, 1.54) is 20.3 Å². The fourth-order valence-electron chi connectivity index (χ4n) is 3.23. The van der Waals surface area contributed by atoms with Crippen molar-refractivity contribution in [3.8, 4) is 11.5 Å². The van der Waals surface area contributed by atoms with Crippen molar-refractivity contribution in [3.05, 3.63) is 63.4 Å². The van der Waals surface area contributed by atoms with Gasteiger partial charge in [-0.3, -0.25) is 19.7 Å². The molecule has 1 aromatic carbocycles. The first kappa shape index (κ1) is 20.0. The van der Waals surface area contributed by atoms with Gasteiger partial charge in [-0.25, -0.2) is 4.99 Å². The summed E-state index contributed by atoms with van der Waals surface area (Å²) < 4.78 is 10.2. The molecule has 0 saturated heterocycles. The molecule has 1 unspecified atom stereocenters. The molecule has 0 saturated carbocycles. The Morgan fingerprint density at radius 2 is 1.93 bits per heavy atom. The molecule has 0 bridgehead atoms. The zero-order valence-electron chi connectivity index (χ0n) is 16.1. The number of hydrogen-bond donors (Lipinski definition) is 1. The number of nitro benzene ring substituents is 1. The van der Waals surface area contributed by atoms with Crippen molar-refractivity contribution < 1.29 is 24.0 Å². The van der Waals surface area contributed by atoms with Gasteiger partial charge in [0.1, 0.15) is 5.56 Å². The highest BCUT2D eigenvalue weighted by Gasteiger charge is 2.27. The molecule has 3 rings (SSSR count). The molecule has 150 valence electrons. The molecule has 1 N–H and O–H groups in total. The fourth-order valence-corrected chi connectivity index (χ4v) is 3.23. The minimum atomic E-state index is -0.805. The minimum Gasteiger partial charge on any atom is -0.493 e. The van der Waals surface area contributed by atoms with Gasteiger partial charge in [0.05, 0.1) is 30.9 Å². The largest absolute Gasteiger partial charge is 0.493 e. The standard InChI is InChI=1S/C20H19N3O6/c1-4-11-7-19(24)22-15-8-12(5-6-13(11)15)21-20(25)14-9-17(28-2)18(29-3)10-16(14)23(26)27/h5-10,13H,4H2,1-3H3,(H,22,24). The van der Waals surface area contributed by atoms with Crippen LogP contribution in [0.5, 0.6) is 11.5 Å². The van der Waals surface area contributed by atoms with Crippen molar-refractivity contribution in [1.29, 1.82) is 0 Å². The Bertz CT molecular complexity index is 1020. The molecular formula is C20H19N3O6. The molecular weight excluding hydrogens is 378 g/mol. The molecule has 1 aliphatic carbocycles. The maximum atomic E-state index is 12.7. The van der Waals surface area contributed by atoms with Crippen LogP contribution in [-0.4, -0.2) is 36.7 Å². The number of ether oxygens (including phenoxy) is 2. The molecule has 0 aromatic heterocycles. The minimum absolute atomic E-state index is 0.0813. The number of rotatable bonds is 5. The third kappa shape index (κ3) is 3.93. The molecule has 0 spiro atoms. The van der Waals surface area contributed by atoms with Crippen LogP contribution in [0.3, 0.4) is 0 Å². The lowest BCUT2D eigenvalue weighted by Gasteiger charge is -2.26. The number of nitrogens with zero attached hydrogens (tertiary/aromatic N) is 2. The first-order chi connectivity index (χ1) is 13.9. The van der Waals surface area contributed by atoms with E-state index in [1.807, 2.05) is 13.0 Å². The number of hydrogen-bond acceptors (Lipinski definition) is 6. The Kier molecular flexibility index (Phi) is 5.58. The van der Waals surface area contributed by atoms with E-state index in [-0.39, 0.29) is 34.6 Å². The summed E-state index contributed by atoms with van der Waals surface area (Å²) in [5.74, 6) is -0.810. The van der Waals surface area contributed by atoms with Crippen LogP contribution >= 0.6 is 0 Å². The smallest absolute Gasteiger partial charge is 0.286 e. The first-order valence-electron chi connectivity index (χ1n) is 8.82. The number of aliphatic imine (C=N–C) groups is 1. The highest BCUT2D eigenvalue weighted by molar-refractivity contribution is 6.15. The maximum Gasteiger partial charge on any atom is 0.286 e. The van der Waals surface area contributed by atoms with Crippen molar-refractivity contribution in [3.63, 3.8) is 0 Å². The first-order valence-corrected chi connectivity index (χ1v) is 8.82. The number of carbonyl (C=O) groups is 2. The number of nitro groups is 1. The van der Waals surface area contributed by atoms with Gasteiger partial charge in [0.15, 0.2) is 11.5 Å². The second-order valence-electron chi connectivity index (χ2n) is 6.32. The zero-order chi connectivity index (χ0) is 21.1. The summed E-state index contributed by atoms with van der Waals surface area (Å²) in [6.07, 6.45) is 7.35. The molecule has 1 atom stereocenters. The molecule has 2 amide bonds. The van der Waals surface area contributed by atoms with Crippen LogP contribution in [0.15, 0.2) is 52.7 Å². The van der Waals surface area contributed by atoms with E-state index in [4.69, 9.17) is 9.47 Å². The molecule has 9 heteroatoms. The Balaban J connectivity index is 1.99. The monoisotopic (exact) mass is 397 g/mol. The summed E-state index contributed by atoms with van der Waals surface area (Å²) in [5, 5.41) is 14.2. The quantitative estimate of drug-likeness (QED) is 0.602. The molecule has 0 radical (unpaired) electrons. The Morgan fingerprint density at radius 1 is 1.24 bits per heavy atom. The molecule has 1 aliphatic heterocycles. The van der Waals surface area contributed by atoms with Crippen molar-refractivity contribution in [2.45, 2.75) is 13.3 Å². The molecule has 0 fully saturated rings. The predicted molar refractivity (Wildman–Crippen MR) is 105 cm³/mol. The Morgan fingerprint density at radius 3 is 2.55 bits per heavy atom. The molecule has 29 heavy (non-hydrogen) atoms.